The Hall–Kier alpha value is -2.04. The molecule has 0 spiro atoms. The highest BCUT2D eigenvalue weighted by Crippen LogP contribution is 2.27. The second-order valence-electron chi connectivity index (χ2n) is 5.14. The Labute approximate surface area is 134 Å². The molecule has 23 heavy (non-hydrogen) atoms. The summed E-state index contributed by atoms with van der Waals surface area (Å²) in [6.45, 7) is 0.743. The normalized spacial score (nSPS) is 19.7. The number of imidazole rings is 1. The molecule has 0 aliphatic carbocycles. The fraction of sp³-hybridized carbons (Fsp3) is 0.462. The van der Waals surface area contributed by atoms with Crippen molar-refractivity contribution in [3.05, 3.63) is 30.6 Å². The van der Waals surface area contributed by atoms with Crippen molar-refractivity contribution in [3.8, 4) is 0 Å². The van der Waals surface area contributed by atoms with Gasteiger partial charge < -0.3 is 14.6 Å². The Morgan fingerprint density at radius 2 is 2.09 bits per heavy atom. The van der Waals surface area contributed by atoms with Gasteiger partial charge in [0.05, 0.1) is 12.9 Å². The first-order valence-corrected chi connectivity index (χ1v) is 8.54. The van der Waals surface area contributed by atoms with Crippen LogP contribution in [0.25, 0.3) is 0 Å². The number of ether oxygens (including phenoxy) is 1. The number of sulfonamides is 1. The van der Waals surface area contributed by atoms with E-state index >= 15 is 0 Å². The van der Waals surface area contributed by atoms with Crippen LogP contribution in [0, 0.1) is 0 Å². The van der Waals surface area contributed by atoms with Gasteiger partial charge in [0.15, 0.2) is 5.03 Å². The lowest BCUT2D eigenvalue weighted by Crippen LogP contribution is -2.42. The molecule has 2 aromatic rings. The minimum atomic E-state index is -3.65. The second kappa shape index (κ2) is 6.22. The molecular weight excluding hydrogens is 320 g/mol. The van der Waals surface area contributed by atoms with E-state index in [2.05, 4.69) is 20.3 Å². The van der Waals surface area contributed by atoms with Gasteiger partial charge in [0.1, 0.15) is 17.6 Å². The van der Waals surface area contributed by atoms with Crippen LogP contribution in [0.2, 0.25) is 0 Å². The van der Waals surface area contributed by atoms with Gasteiger partial charge in [-0.05, 0) is 0 Å². The summed E-state index contributed by atoms with van der Waals surface area (Å²) in [5, 5.41) is 2.98. The third-order valence-corrected chi connectivity index (χ3v) is 5.33. The summed E-state index contributed by atoms with van der Waals surface area (Å²) in [6.07, 6.45) is 5.61. The molecule has 1 fully saturated rings. The molecule has 3 rings (SSSR count). The van der Waals surface area contributed by atoms with Gasteiger partial charge in [-0.25, -0.2) is 18.4 Å². The van der Waals surface area contributed by atoms with Gasteiger partial charge in [0, 0.05) is 45.8 Å². The number of aryl methyl sites for hydroxylation is 1. The molecule has 0 saturated carbocycles. The molecule has 3 heterocycles. The van der Waals surface area contributed by atoms with E-state index in [1.165, 1.54) is 16.8 Å². The van der Waals surface area contributed by atoms with E-state index in [0.717, 1.165) is 0 Å². The van der Waals surface area contributed by atoms with E-state index in [0.29, 0.717) is 11.5 Å². The van der Waals surface area contributed by atoms with Crippen LogP contribution in [0.1, 0.15) is 11.8 Å². The number of hydrogen-bond donors (Lipinski definition) is 1. The van der Waals surface area contributed by atoms with Crippen molar-refractivity contribution >= 4 is 15.8 Å². The zero-order valence-corrected chi connectivity index (χ0v) is 13.7. The Morgan fingerprint density at radius 3 is 2.78 bits per heavy atom. The first-order chi connectivity index (χ1) is 11.0. The lowest BCUT2D eigenvalue weighted by atomic mass is 10.2. The molecule has 0 amide bonds. The maximum Gasteiger partial charge on any atom is 0.262 e. The van der Waals surface area contributed by atoms with Crippen molar-refractivity contribution in [2.45, 2.75) is 11.1 Å². The van der Waals surface area contributed by atoms with E-state index in [1.54, 1.807) is 31.1 Å². The Morgan fingerprint density at radius 1 is 1.30 bits per heavy atom. The van der Waals surface area contributed by atoms with Crippen LogP contribution in [0.3, 0.4) is 0 Å². The zero-order chi connectivity index (χ0) is 16.4. The summed E-state index contributed by atoms with van der Waals surface area (Å²) in [5.74, 6) is 0.578. The maximum atomic E-state index is 12.7. The third kappa shape index (κ3) is 3.05. The highest BCUT2D eigenvalue weighted by atomic mass is 32.2. The number of anilines is 1. The highest BCUT2D eigenvalue weighted by molar-refractivity contribution is 7.89. The molecule has 124 valence electrons. The van der Waals surface area contributed by atoms with Crippen LogP contribution in [0.5, 0.6) is 0 Å². The molecule has 9 nitrogen and oxygen atoms in total. The summed E-state index contributed by atoms with van der Waals surface area (Å²) in [7, 11) is -0.185. The monoisotopic (exact) mass is 338 g/mol. The molecule has 1 aliphatic rings. The van der Waals surface area contributed by atoms with Gasteiger partial charge >= 0.3 is 0 Å². The molecule has 1 atom stereocenters. The summed E-state index contributed by atoms with van der Waals surface area (Å²) >= 11 is 0. The van der Waals surface area contributed by atoms with Crippen LogP contribution in [0.15, 0.2) is 29.9 Å². The van der Waals surface area contributed by atoms with Crippen LogP contribution in [0.4, 0.5) is 5.82 Å². The zero-order valence-electron chi connectivity index (χ0n) is 12.9. The molecule has 0 radical (unpaired) electrons. The molecule has 2 aromatic heterocycles. The number of nitrogens with one attached hydrogen (secondary N) is 1. The average molecular weight is 338 g/mol. The van der Waals surface area contributed by atoms with Crippen molar-refractivity contribution in [2.24, 2.45) is 7.05 Å². The van der Waals surface area contributed by atoms with Crippen LogP contribution in [-0.4, -0.2) is 59.0 Å². The van der Waals surface area contributed by atoms with Gasteiger partial charge in [-0.1, -0.05) is 0 Å². The van der Waals surface area contributed by atoms with Crippen molar-refractivity contribution in [1.82, 2.24) is 23.8 Å². The van der Waals surface area contributed by atoms with Crippen LogP contribution < -0.4 is 5.32 Å². The average Bonchev–Trinajstić information content (AvgIpc) is 3.02. The van der Waals surface area contributed by atoms with Gasteiger partial charge in [-0.3, -0.25) is 4.98 Å². The van der Waals surface area contributed by atoms with E-state index in [9.17, 15) is 8.42 Å². The maximum absolute atomic E-state index is 12.7. The fourth-order valence-electron chi connectivity index (χ4n) is 2.44. The SMILES string of the molecule is CNc1nccnc1C1CN(S(=O)(=O)c2cn(C)cn2)CCO1. The van der Waals surface area contributed by atoms with E-state index in [1.807, 2.05) is 0 Å². The number of nitrogens with zero attached hydrogens (tertiary/aromatic N) is 5. The smallest absolute Gasteiger partial charge is 0.262 e. The molecular formula is C13H18N6O3S. The first-order valence-electron chi connectivity index (χ1n) is 7.10. The Bertz CT molecular complexity index is 791. The third-order valence-electron chi connectivity index (χ3n) is 3.58. The van der Waals surface area contributed by atoms with Crippen molar-refractivity contribution in [2.75, 3.05) is 32.1 Å². The van der Waals surface area contributed by atoms with Gasteiger partial charge in [-0.2, -0.15) is 4.31 Å². The molecule has 10 heteroatoms. The predicted molar refractivity (Wildman–Crippen MR) is 82.2 cm³/mol. The predicted octanol–water partition coefficient (Wildman–Crippen LogP) is 0.0140. The van der Waals surface area contributed by atoms with E-state index in [-0.39, 0.29) is 24.7 Å². The van der Waals surface area contributed by atoms with Gasteiger partial charge in [-0.15, -0.1) is 0 Å². The molecule has 1 aliphatic heterocycles. The Balaban J connectivity index is 1.86. The number of morpholine rings is 1. The lowest BCUT2D eigenvalue weighted by Gasteiger charge is -2.31. The quantitative estimate of drug-likeness (QED) is 0.838. The summed E-state index contributed by atoms with van der Waals surface area (Å²) in [5.41, 5.74) is 0.593. The topological polar surface area (TPSA) is 102 Å². The standard InChI is InChI=1S/C13H18N6O3S/c1-14-13-12(15-3-4-16-13)10-7-19(5-6-22-10)23(20,21)11-8-18(2)9-17-11/h3-4,8-10H,5-7H2,1-2H3,(H,14,16). The summed E-state index contributed by atoms with van der Waals surface area (Å²) in [4.78, 5) is 12.4. The van der Waals surface area contributed by atoms with E-state index in [4.69, 9.17) is 4.74 Å². The second-order valence-corrected chi connectivity index (χ2v) is 7.02. The molecule has 1 saturated heterocycles. The van der Waals surface area contributed by atoms with Crippen molar-refractivity contribution < 1.29 is 13.2 Å². The lowest BCUT2D eigenvalue weighted by molar-refractivity contribution is -0.00474. The van der Waals surface area contributed by atoms with Gasteiger partial charge in [0.2, 0.25) is 0 Å². The van der Waals surface area contributed by atoms with Crippen molar-refractivity contribution in [3.63, 3.8) is 0 Å². The molecule has 1 unspecified atom stereocenters. The molecule has 1 N–H and O–H groups in total. The van der Waals surface area contributed by atoms with Gasteiger partial charge in [0.25, 0.3) is 10.0 Å². The number of rotatable bonds is 4. The minimum Gasteiger partial charge on any atom is -0.372 e. The summed E-state index contributed by atoms with van der Waals surface area (Å²) < 4.78 is 34.0. The number of hydrogen-bond acceptors (Lipinski definition) is 7. The molecule has 0 aromatic carbocycles. The Kier molecular flexibility index (Phi) is 4.28. The van der Waals surface area contributed by atoms with Crippen molar-refractivity contribution in [1.29, 1.82) is 0 Å². The highest BCUT2D eigenvalue weighted by Gasteiger charge is 2.34. The number of aromatic nitrogens is 4. The minimum absolute atomic E-state index is 0.0358. The van der Waals surface area contributed by atoms with E-state index < -0.39 is 16.1 Å². The first kappa shape index (κ1) is 15.8. The largest absolute Gasteiger partial charge is 0.372 e. The van der Waals surface area contributed by atoms with Crippen LogP contribution in [-0.2, 0) is 21.8 Å². The fourth-order valence-corrected chi connectivity index (χ4v) is 3.83. The molecule has 0 bridgehead atoms. The van der Waals surface area contributed by atoms with Crippen LogP contribution >= 0.6 is 0 Å². The summed E-state index contributed by atoms with van der Waals surface area (Å²) in [6, 6.07) is 0.